The highest BCUT2D eigenvalue weighted by atomic mass is 32.2. The van der Waals surface area contributed by atoms with Gasteiger partial charge in [-0.15, -0.1) is 11.8 Å². The van der Waals surface area contributed by atoms with E-state index >= 15 is 0 Å². The van der Waals surface area contributed by atoms with Crippen molar-refractivity contribution in [3.05, 3.63) is 36.2 Å². The predicted octanol–water partition coefficient (Wildman–Crippen LogP) is 3.49. The fraction of sp³-hybridized carbons (Fsp3) is 0.167. The van der Waals surface area contributed by atoms with Gasteiger partial charge in [0.1, 0.15) is 17.2 Å². The third kappa shape index (κ3) is 2.15. The summed E-state index contributed by atoms with van der Waals surface area (Å²) in [5.41, 5.74) is 0.180. The molecule has 0 aliphatic heterocycles. The highest BCUT2D eigenvalue weighted by Gasteiger charge is 2.30. The van der Waals surface area contributed by atoms with Gasteiger partial charge in [-0.2, -0.15) is 18.3 Å². The van der Waals surface area contributed by atoms with Gasteiger partial charge in [-0.05, 0) is 24.5 Å². The van der Waals surface area contributed by atoms with Crippen molar-refractivity contribution in [3.63, 3.8) is 0 Å². The van der Waals surface area contributed by atoms with Gasteiger partial charge in [0.05, 0.1) is 16.6 Å². The van der Waals surface area contributed by atoms with Crippen LogP contribution >= 0.6 is 11.8 Å². The summed E-state index contributed by atoms with van der Waals surface area (Å²) in [4.78, 5) is 4.01. The molecule has 0 bridgehead atoms. The van der Waals surface area contributed by atoms with Crippen molar-refractivity contribution in [2.24, 2.45) is 0 Å². The molecule has 0 unspecified atom stereocenters. The molecule has 3 rings (SSSR count). The Bertz CT molecular complexity index is 759. The minimum Gasteiger partial charge on any atom is -0.283 e. The third-order valence-electron chi connectivity index (χ3n) is 2.88. The Labute approximate surface area is 116 Å². The molecule has 0 saturated carbocycles. The van der Waals surface area contributed by atoms with E-state index in [1.165, 1.54) is 24.2 Å². The number of hydrogen-bond acceptors (Lipinski definition) is 3. The zero-order chi connectivity index (χ0) is 14.3. The van der Waals surface area contributed by atoms with Crippen molar-refractivity contribution in [1.82, 2.24) is 19.7 Å². The van der Waals surface area contributed by atoms with Crippen molar-refractivity contribution in [1.29, 1.82) is 0 Å². The minimum atomic E-state index is -4.36. The van der Waals surface area contributed by atoms with Crippen LogP contribution < -0.4 is 0 Å². The van der Waals surface area contributed by atoms with Gasteiger partial charge in [-0.3, -0.25) is 9.67 Å². The smallest absolute Gasteiger partial charge is 0.283 e. The molecule has 0 fully saturated rings. The monoisotopic (exact) mass is 298 g/mol. The van der Waals surface area contributed by atoms with Crippen LogP contribution in [-0.2, 0) is 6.18 Å². The summed E-state index contributed by atoms with van der Waals surface area (Å²) in [5.74, 6) is 0.664. The van der Waals surface area contributed by atoms with Gasteiger partial charge in [0.25, 0.3) is 0 Å². The number of aromatic amines is 1. The quantitative estimate of drug-likeness (QED) is 0.737. The molecule has 1 aromatic carbocycles. The summed E-state index contributed by atoms with van der Waals surface area (Å²) in [5, 5.41) is 7.69. The van der Waals surface area contributed by atoms with E-state index in [0.29, 0.717) is 16.9 Å². The predicted molar refractivity (Wildman–Crippen MR) is 70.0 cm³/mol. The van der Waals surface area contributed by atoms with E-state index in [4.69, 9.17) is 0 Å². The second kappa shape index (κ2) is 4.55. The summed E-state index contributed by atoms with van der Waals surface area (Å²) in [7, 11) is 0. The number of thioether (sulfide) groups is 1. The number of imidazole rings is 1. The zero-order valence-corrected chi connectivity index (χ0v) is 11.1. The molecule has 0 aliphatic rings. The molecular formula is C12H9F3N4S. The lowest BCUT2D eigenvalue weighted by Crippen LogP contribution is -2.04. The number of hydrogen-bond donors (Lipinski definition) is 1. The Morgan fingerprint density at radius 1 is 1.25 bits per heavy atom. The molecule has 0 atom stereocenters. The van der Waals surface area contributed by atoms with Gasteiger partial charge in [0.15, 0.2) is 0 Å². The third-order valence-corrected chi connectivity index (χ3v) is 3.51. The normalized spacial score (nSPS) is 12.2. The molecule has 1 N–H and O–H groups in total. The number of benzene rings is 1. The second-order valence-corrected chi connectivity index (χ2v) is 4.94. The first-order chi connectivity index (χ1) is 9.49. The summed E-state index contributed by atoms with van der Waals surface area (Å²) >= 11 is 1.47. The Morgan fingerprint density at radius 2 is 2.05 bits per heavy atom. The molecule has 20 heavy (non-hydrogen) atoms. The Morgan fingerprint density at radius 3 is 2.70 bits per heavy atom. The van der Waals surface area contributed by atoms with Gasteiger partial charge in [-0.25, -0.2) is 4.98 Å². The van der Waals surface area contributed by atoms with Crippen LogP contribution in [-0.4, -0.2) is 26.0 Å². The first-order valence-corrected chi connectivity index (χ1v) is 6.85. The van der Waals surface area contributed by atoms with Crippen LogP contribution in [0.1, 0.15) is 5.56 Å². The van der Waals surface area contributed by atoms with E-state index in [2.05, 4.69) is 15.2 Å². The van der Waals surface area contributed by atoms with Crippen molar-refractivity contribution in [2.75, 3.05) is 6.26 Å². The van der Waals surface area contributed by atoms with Crippen LogP contribution in [0.5, 0.6) is 0 Å². The number of H-pyrrole nitrogens is 1. The van der Waals surface area contributed by atoms with Gasteiger partial charge in [0, 0.05) is 6.07 Å². The van der Waals surface area contributed by atoms with Gasteiger partial charge < -0.3 is 0 Å². The van der Waals surface area contributed by atoms with E-state index in [0.717, 1.165) is 17.2 Å². The maximum Gasteiger partial charge on any atom is 0.416 e. The maximum absolute atomic E-state index is 12.6. The highest BCUT2D eigenvalue weighted by molar-refractivity contribution is 7.98. The maximum atomic E-state index is 12.6. The number of halogens is 3. The van der Waals surface area contributed by atoms with Crippen molar-refractivity contribution < 1.29 is 13.2 Å². The number of alkyl halides is 3. The molecular weight excluding hydrogens is 289 g/mol. The number of nitrogens with zero attached hydrogens (tertiary/aromatic N) is 3. The zero-order valence-electron chi connectivity index (χ0n) is 10.3. The van der Waals surface area contributed by atoms with Crippen LogP contribution in [0.4, 0.5) is 13.2 Å². The summed E-state index contributed by atoms with van der Waals surface area (Å²) in [6.45, 7) is 0. The lowest BCUT2D eigenvalue weighted by molar-refractivity contribution is -0.137. The van der Waals surface area contributed by atoms with Crippen molar-refractivity contribution >= 4 is 22.8 Å². The lowest BCUT2D eigenvalue weighted by Gasteiger charge is -2.06. The average Bonchev–Trinajstić information content (AvgIpc) is 3.02. The van der Waals surface area contributed by atoms with E-state index < -0.39 is 11.7 Å². The molecule has 104 valence electrons. The number of rotatable bonds is 2. The molecule has 0 radical (unpaired) electrons. The minimum absolute atomic E-state index is 0.292. The molecule has 3 aromatic rings. The fourth-order valence-corrected chi connectivity index (χ4v) is 2.27. The van der Waals surface area contributed by atoms with Gasteiger partial charge in [0.2, 0.25) is 0 Å². The molecule has 2 aromatic heterocycles. The van der Waals surface area contributed by atoms with Crippen LogP contribution in [0, 0.1) is 0 Å². The molecule has 0 amide bonds. The van der Waals surface area contributed by atoms with Crippen molar-refractivity contribution in [3.8, 4) is 5.82 Å². The number of fused-ring (bicyclic) bond motifs is 1. The first kappa shape index (κ1) is 13.0. The second-order valence-electron chi connectivity index (χ2n) is 4.11. The van der Waals surface area contributed by atoms with E-state index in [1.807, 2.05) is 12.3 Å². The molecule has 0 aliphatic carbocycles. The number of aromatic nitrogens is 4. The van der Waals surface area contributed by atoms with Crippen LogP contribution in [0.15, 0.2) is 35.6 Å². The van der Waals surface area contributed by atoms with E-state index in [9.17, 15) is 13.2 Å². The molecule has 2 heterocycles. The summed E-state index contributed by atoms with van der Waals surface area (Å²) < 4.78 is 39.6. The van der Waals surface area contributed by atoms with Crippen molar-refractivity contribution in [2.45, 2.75) is 11.2 Å². The Kier molecular flexibility index (Phi) is 2.97. The highest BCUT2D eigenvalue weighted by Crippen LogP contribution is 2.31. The van der Waals surface area contributed by atoms with E-state index in [-0.39, 0.29) is 0 Å². The first-order valence-electron chi connectivity index (χ1n) is 5.63. The Balaban J connectivity index is 2.10. The lowest BCUT2D eigenvalue weighted by atomic mass is 10.2. The SMILES string of the molecule is CSc1cc(-n2cnc3cc(C(F)(F)F)ccc32)[nH]n1. The van der Waals surface area contributed by atoms with Gasteiger partial charge >= 0.3 is 6.18 Å². The van der Waals surface area contributed by atoms with Crippen LogP contribution in [0.25, 0.3) is 16.9 Å². The van der Waals surface area contributed by atoms with Gasteiger partial charge in [-0.1, -0.05) is 0 Å². The van der Waals surface area contributed by atoms with Crippen LogP contribution in [0.2, 0.25) is 0 Å². The van der Waals surface area contributed by atoms with Crippen LogP contribution in [0.3, 0.4) is 0 Å². The largest absolute Gasteiger partial charge is 0.416 e. The standard InChI is InChI=1S/C12H9F3N4S/c1-20-11-5-10(17-18-11)19-6-16-8-4-7(12(13,14)15)2-3-9(8)19/h2-6H,1H3,(H,17,18). The molecule has 8 heteroatoms. The molecule has 0 saturated heterocycles. The van der Waals surface area contributed by atoms with E-state index in [1.54, 1.807) is 4.57 Å². The fourth-order valence-electron chi connectivity index (χ4n) is 1.90. The molecule has 0 spiro atoms. The molecule has 4 nitrogen and oxygen atoms in total. The average molecular weight is 298 g/mol. The Hall–Kier alpha value is -1.96. The topological polar surface area (TPSA) is 46.5 Å². The summed E-state index contributed by atoms with van der Waals surface area (Å²) in [6.07, 6.45) is -0.998. The summed E-state index contributed by atoms with van der Waals surface area (Å²) in [6, 6.07) is 5.30. The number of nitrogens with one attached hydrogen (secondary N) is 1.